The van der Waals surface area contributed by atoms with E-state index in [0.717, 1.165) is 12.8 Å². The van der Waals surface area contributed by atoms with Gasteiger partial charge in [-0.25, -0.2) is 0 Å². The maximum atomic E-state index is 7.89. The van der Waals surface area contributed by atoms with Gasteiger partial charge < -0.3 is 0 Å². The van der Waals surface area contributed by atoms with E-state index in [1.807, 2.05) is 6.07 Å². The van der Waals surface area contributed by atoms with Crippen molar-refractivity contribution in [3.05, 3.63) is 35.9 Å². The fraction of sp³-hybridized carbons (Fsp3) is 0.588. The molecule has 2 heteroatoms. The number of benzene rings is 1. The van der Waals surface area contributed by atoms with E-state index in [1.54, 1.807) is 0 Å². The molecule has 0 amide bonds. The molecule has 1 nitrogen and oxygen atoms in total. The Morgan fingerprint density at radius 3 is 2.11 bits per heavy atom. The molecule has 0 aliphatic heterocycles. The van der Waals surface area contributed by atoms with Crippen LogP contribution in [0.25, 0.3) is 0 Å². The van der Waals surface area contributed by atoms with Crippen LogP contribution in [0.5, 0.6) is 0 Å². The average molecular weight is 280 g/mol. The summed E-state index contributed by atoms with van der Waals surface area (Å²) < 4.78 is 0. The summed E-state index contributed by atoms with van der Waals surface area (Å²) in [4.78, 5) is 0. The Kier molecular flexibility index (Phi) is 6.57. The molecular formula is C17H26ClN. The molecule has 0 aliphatic carbocycles. The Morgan fingerprint density at radius 2 is 1.68 bits per heavy atom. The van der Waals surface area contributed by atoms with E-state index in [1.165, 1.54) is 5.56 Å². The number of halogens is 1. The Labute approximate surface area is 122 Å². The highest BCUT2D eigenvalue weighted by Crippen LogP contribution is 2.39. The molecule has 4 atom stereocenters. The molecule has 1 aromatic rings. The topological polar surface area (TPSA) is 23.9 Å². The second kappa shape index (κ2) is 7.69. The van der Waals surface area contributed by atoms with Crippen LogP contribution >= 0.6 is 11.6 Å². The Balaban J connectivity index is 3.14. The Morgan fingerprint density at radius 1 is 1.11 bits per heavy atom. The Hall–Kier alpha value is -0.820. The first-order chi connectivity index (χ1) is 9.02. The minimum absolute atomic E-state index is 0.132. The Bertz CT molecular complexity index is 388. The maximum Gasteiger partial charge on any atom is 0.101 e. The van der Waals surface area contributed by atoms with Crippen LogP contribution in [0.1, 0.15) is 52.0 Å². The van der Waals surface area contributed by atoms with Gasteiger partial charge in [-0.2, -0.15) is 0 Å². The van der Waals surface area contributed by atoms with Gasteiger partial charge >= 0.3 is 0 Å². The second-order valence-corrected chi connectivity index (χ2v) is 5.95. The van der Waals surface area contributed by atoms with Gasteiger partial charge in [0.1, 0.15) is 5.17 Å². The van der Waals surface area contributed by atoms with Crippen molar-refractivity contribution in [2.24, 2.45) is 17.8 Å². The van der Waals surface area contributed by atoms with Crippen LogP contribution in [0, 0.1) is 23.2 Å². The van der Waals surface area contributed by atoms with Crippen molar-refractivity contribution in [3.63, 3.8) is 0 Å². The molecule has 0 spiro atoms. The quantitative estimate of drug-likeness (QED) is 0.620. The summed E-state index contributed by atoms with van der Waals surface area (Å²) in [7, 11) is 0. The summed E-state index contributed by atoms with van der Waals surface area (Å²) in [5.74, 6) is 1.63. The van der Waals surface area contributed by atoms with Crippen LogP contribution in [0.15, 0.2) is 30.3 Å². The SMILES string of the molecule is CCC(C)C(C)C(c1ccccc1)C(CC)C(=N)Cl. The molecule has 0 fully saturated rings. The summed E-state index contributed by atoms with van der Waals surface area (Å²) in [6.45, 7) is 8.95. The molecule has 1 rings (SSSR count). The zero-order valence-corrected chi connectivity index (χ0v) is 13.2. The maximum absolute atomic E-state index is 7.89. The van der Waals surface area contributed by atoms with E-state index in [9.17, 15) is 0 Å². The average Bonchev–Trinajstić information content (AvgIpc) is 2.43. The third kappa shape index (κ3) is 4.07. The molecule has 1 N–H and O–H groups in total. The molecule has 0 heterocycles. The standard InChI is InChI=1S/C17H26ClN/c1-5-12(3)13(4)16(15(6-2)17(18)19)14-10-8-7-9-11-14/h7-13,15-16,19H,5-6H2,1-4H3. The van der Waals surface area contributed by atoms with E-state index in [2.05, 4.69) is 52.0 Å². The molecule has 106 valence electrons. The van der Waals surface area contributed by atoms with E-state index in [-0.39, 0.29) is 5.92 Å². The number of rotatable bonds is 7. The minimum atomic E-state index is 0.132. The normalized spacial score (nSPS) is 17.5. The first-order valence-electron chi connectivity index (χ1n) is 7.31. The van der Waals surface area contributed by atoms with Crippen molar-refractivity contribution in [1.82, 2.24) is 0 Å². The van der Waals surface area contributed by atoms with Crippen LogP contribution in [-0.2, 0) is 0 Å². The van der Waals surface area contributed by atoms with E-state index < -0.39 is 0 Å². The van der Waals surface area contributed by atoms with Gasteiger partial charge in [-0.3, -0.25) is 5.41 Å². The molecule has 0 bridgehead atoms. The van der Waals surface area contributed by atoms with Crippen molar-refractivity contribution in [2.75, 3.05) is 0 Å². The summed E-state index contributed by atoms with van der Waals surface area (Å²) >= 11 is 6.06. The van der Waals surface area contributed by atoms with Gasteiger partial charge in [-0.1, -0.05) is 76.0 Å². The lowest BCUT2D eigenvalue weighted by Gasteiger charge is -2.34. The predicted octanol–water partition coefficient (Wildman–Crippen LogP) is 5.69. The third-order valence-electron chi connectivity index (χ3n) is 4.49. The molecule has 19 heavy (non-hydrogen) atoms. The van der Waals surface area contributed by atoms with Crippen LogP contribution in [-0.4, -0.2) is 5.17 Å². The molecule has 4 unspecified atom stereocenters. The summed E-state index contributed by atoms with van der Waals surface area (Å²) in [6, 6.07) is 10.5. The molecule has 1 aromatic carbocycles. The molecule has 0 radical (unpaired) electrons. The van der Waals surface area contributed by atoms with Crippen LogP contribution in [0.4, 0.5) is 0 Å². The highest BCUT2D eigenvalue weighted by molar-refractivity contribution is 6.65. The number of hydrogen-bond donors (Lipinski definition) is 1. The van der Waals surface area contributed by atoms with Gasteiger partial charge in [0.15, 0.2) is 0 Å². The summed E-state index contributed by atoms with van der Waals surface area (Å²) in [6.07, 6.45) is 2.08. The number of nitrogens with one attached hydrogen (secondary N) is 1. The monoisotopic (exact) mass is 279 g/mol. The van der Waals surface area contributed by atoms with Crippen molar-refractivity contribution < 1.29 is 0 Å². The molecular weight excluding hydrogens is 254 g/mol. The lowest BCUT2D eigenvalue weighted by molar-refractivity contribution is 0.279. The van der Waals surface area contributed by atoms with E-state index >= 15 is 0 Å². The van der Waals surface area contributed by atoms with E-state index in [0.29, 0.717) is 22.9 Å². The minimum Gasteiger partial charge on any atom is -0.293 e. The van der Waals surface area contributed by atoms with Gasteiger partial charge in [0.25, 0.3) is 0 Å². The van der Waals surface area contributed by atoms with Crippen LogP contribution < -0.4 is 0 Å². The van der Waals surface area contributed by atoms with Crippen molar-refractivity contribution in [3.8, 4) is 0 Å². The first-order valence-corrected chi connectivity index (χ1v) is 7.69. The zero-order chi connectivity index (χ0) is 14.4. The highest BCUT2D eigenvalue weighted by Gasteiger charge is 2.31. The second-order valence-electron chi connectivity index (χ2n) is 5.54. The molecule has 0 aliphatic rings. The molecule has 0 saturated carbocycles. The van der Waals surface area contributed by atoms with Crippen molar-refractivity contribution in [2.45, 2.75) is 46.5 Å². The van der Waals surface area contributed by atoms with Gasteiger partial charge in [0, 0.05) is 5.92 Å². The van der Waals surface area contributed by atoms with E-state index in [4.69, 9.17) is 17.0 Å². The fourth-order valence-corrected chi connectivity index (χ4v) is 3.18. The highest BCUT2D eigenvalue weighted by atomic mass is 35.5. The molecule has 0 aromatic heterocycles. The van der Waals surface area contributed by atoms with Gasteiger partial charge in [-0.15, -0.1) is 0 Å². The van der Waals surface area contributed by atoms with Gasteiger partial charge in [0.2, 0.25) is 0 Å². The smallest absolute Gasteiger partial charge is 0.101 e. The first kappa shape index (κ1) is 16.2. The summed E-state index contributed by atoms with van der Waals surface area (Å²) in [5.41, 5.74) is 1.31. The van der Waals surface area contributed by atoms with Crippen molar-refractivity contribution in [1.29, 1.82) is 5.41 Å². The lowest BCUT2D eigenvalue weighted by atomic mass is 9.71. The van der Waals surface area contributed by atoms with Gasteiger partial charge in [0.05, 0.1) is 0 Å². The summed E-state index contributed by atoms with van der Waals surface area (Å²) in [5, 5.41) is 8.19. The predicted molar refractivity (Wildman–Crippen MR) is 85.2 cm³/mol. The zero-order valence-electron chi connectivity index (χ0n) is 12.5. The van der Waals surface area contributed by atoms with Crippen LogP contribution in [0.2, 0.25) is 0 Å². The fourth-order valence-electron chi connectivity index (χ4n) is 2.89. The molecule has 0 saturated heterocycles. The lowest BCUT2D eigenvalue weighted by Crippen LogP contribution is -2.27. The van der Waals surface area contributed by atoms with Crippen molar-refractivity contribution >= 4 is 16.8 Å². The van der Waals surface area contributed by atoms with Gasteiger partial charge in [-0.05, 0) is 29.7 Å². The third-order valence-corrected chi connectivity index (χ3v) is 4.77. The van der Waals surface area contributed by atoms with Crippen LogP contribution in [0.3, 0.4) is 0 Å². The largest absolute Gasteiger partial charge is 0.293 e. The number of hydrogen-bond acceptors (Lipinski definition) is 1.